The molecule has 3 aromatic rings. The molecule has 136 valence electrons. The third-order valence-corrected chi connectivity index (χ3v) is 5.14. The highest BCUT2D eigenvalue weighted by Crippen LogP contribution is 2.35. The van der Waals surface area contributed by atoms with Crippen molar-refractivity contribution >= 4 is 33.1 Å². The van der Waals surface area contributed by atoms with E-state index in [2.05, 4.69) is 21.4 Å². The van der Waals surface area contributed by atoms with Gasteiger partial charge in [0.25, 0.3) is 5.91 Å². The number of carbonyl (C=O) groups is 1. The summed E-state index contributed by atoms with van der Waals surface area (Å²) in [5.74, 6) is 0.825. The molecule has 0 fully saturated rings. The van der Waals surface area contributed by atoms with Gasteiger partial charge < -0.3 is 14.8 Å². The molecule has 3 rings (SSSR count). The lowest BCUT2D eigenvalue weighted by Gasteiger charge is -2.07. The van der Waals surface area contributed by atoms with Crippen molar-refractivity contribution in [1.82, 2.24) is 9.97 Å². The van der Waals surface area contributed by atoms with Crippen molar-refractivity contribution in [3.63, 3.8) is 0 Å². The van der Waals surface area contributed by atoms with Crippen LogP contribution in [0.3, 0.4) is 0 Å². The average molecular weight is 371 g/mol. The first-order valence-electron chi connectivity index (χ1n) is 8.15. The number of methoxy groups -OCH3 is 2. The Bertz CT molecular complexity index is 962. The fraction of sp³-hybridized carbons (Fsp3) is 0.316. The number of rotatable bonds is 5. The number of thiophene rings is 1. The minimum absolute atomic E-state index is 0.161. The molecule has 26 heavy (non-hydrogen) atoms. The number of ether oxygens (including phenoxy) is 2. The van der Waals surface area contributed by atoms with Gasteiger partial charge in [-0.2, -0.15) is 4.98 Å². The lowest BCUT2D eigenvalue weighted by molar-refractivity contribution is 0.103. The van der Waals surface area contributed by atoms with Crippen LogP contribution >= 0.6 is 11.3 Å². The molecule has 0 bridgehead atoms. The molecule has 0 aliphatic heterocycles. The number of hydrogen-bond donors (Lipinski definition) is 1. The number of nitrogens with zero attached hydrogens (tertiary/aromatic N) is 2. The van der Waals surface area contributed by atoms with Gasteiger partial charge in [-0.15, -0.1) is 11.3 Å². The molecule has 0 aliphatic carbocycles. The summed E-state index contributed by atoms with van der Waals surface area (Å²) in [6, 6.07) is 5.97. The van der Waals surface area contributed by atoms with Gasteiger partial charge in [-0.1, -0.05) is 6.07 Å². The number of anilines is 1. The van der Waals surface area contributed by atoms with Crippen molar-refractivity contribution in [2.45, 2.75) is 27.4 Å². The minimum Gasteiger partial charge on any atom is -0.480 e. The van der Waals surface area contributed by atoms with Gasteiger partial charge in [0.05, 0.1) is 17.4 Å². The van der Waals surface area contributed by atoms with E-state index in [1.165, 1.54) is 11.3 Å². The van der Waals surface area contributed by atoms with E-state index in [1.807, 2.05) is 32.9 Å². The van der Waals surface area contributed by atoms with Gasteiger partial charge in [-0.05, 0) is 49.6 Å². The van der Waals surface area contributed by atoms with Gasteiger partial charge in [-0.25, -0.2) is 4.98 Å². The second kappa shape index (κ2) is 7.39. The molecule has 1 aromatic carbocycles. The summed E-state index contributed by atoms with van der Waals surface area (Å²) < 4.78 is 10.5. The monoisotopic (exact) mass is 371 g/mol. The maximum absolute atomic E-state index is 12.8. The Labute approximate surface area is 156 Å². The van der Waals surface area contributed by atoms with Crippen LogP contribution in [-0.4, -0.2) is 30.1 Å². The van der Waals surface area contributed by atoms with E-state index in [0.717, 1.165) is 27.8 Å². The molecule has 0 radical (unpaired) electrons. The highest BCUT2D eigenvalue weighted by Gasteiger charge is 2.21. The zero-order chi connectivity index (χ0) is 18.8. The predicted octanol–water partition coefficient (Wildman–Crippen LogP) is 4.02. The number of aromatic nitrogens is 2. The molecule has 0 unspecified atom stereocenters. The van der Waals surface area contributed by atoms with Crippen LogP contribution in [0, 0.1) is 20.8 Å². The topological polar surface area (TPSA) is 73.3 Å². The summed E-state index contributed by atoms with van der Waals surface area (Å²) in [6.45, 7) is 6.18. The van der Waals surface area contributed by atoms with E-state index in [0.29, 0.717) is 21.4 Å². The highest BCUT2D eigenvalue weighted by molar-refractivity contribution is 7.20. The molecular weight excluding hydrogens is 350 g/mol. The quantitative estimate of drug-likeness (QED) is 0.733. The second-order valence-electron chi connectivity index (χ2n) is 6.15. The number of nitrogens with one attached hydrogen (secondary N) is 1. The first-order valence-corrected chi connectivity index (χ1v) is 8.97. The molecule has 0 saturated heterocycles. The summed E-state index contributed by atoms with van der Waals surface area (Å²) in [5, 5.41) is 3.74. The molecule has 1 amide bonds. The van der Waals surface area contributed by atoms with E-state index < -0.39 is 0 Å². The Balaban J connectivity index is 2.01. The van der Waals surface area contributed by atoms with Crippen molar-refractivity contribution in [1.29, 1.82) is 0 Å². The van der Waals surface area contributed by atoms with Gasteiger partial charge in [0.2, 0.25) is 5.88 Å². The number of carbonyl (C=O) groups excluding carboxylic acids is 1. The van der Waals surface area contributed by atoms with E-state index in [9.17, 15) is 4.79 Å². The van der Waals surface area contributed by atoms with E-state index in [-0.39, 0.29) is 12.5 Å². The number of aryl methyl sites for hydroxylation is 3. The molecule has 6 nitrogen and oxygen atoms in total. The zero-order valence-electron chi connectivity index (χ0n) is 15.5. The largest absolute Gasteiger partial charge is 0.480 e. The molecule has 0 spiro atoms. The van der Waals surface area contributed by atoms with Crippen LogP contribution in [0.4, 0.5) is 5.69 Å². The van der Waals surface area contributed by atoms with Crippen LogP contribution in [-0.2, 0) is 11.3 Å². The van der Waals surface area contributed by atoms with E-state index >= 15 is 0 Å². The van der Waals surface area contributed by atoms with Crippen LogP contribution in [0.25, 0.3) is 10.2 Å². The van der Waals surface area contributed by atoms with Gasteiger partial charge in [-0.3, -0.25) is 4.79 Å². The maximum atomic E-state index is 12.8. The van der Waals surface area contributed by atoms with Gasteiger partial charge in [0, 0.05) is 12.8 Å². The number of benzene rings is 1. The van der Waals surface area contributed by atoms with Crippen LogP contribution < -0.4 is 10.1 Å². The summed E-state index contributed by atoms with van der Waals surface area (Å²) in [5.41, 5.74) is 3.80. The lowest BCUT2D eigenvalue weighted by Crippen LogP contribution is -2.11. The van der Waals surface area contributed by atoms with Crippen molar-refractivity contribution in [2.24, 2.45) is 0 Å². The first kappa shape index (κ1) is 18.3. The standard InChI is InChI=1S/C19H21N3O3S/c1-10-6-11(2)8-13(7-10)20-17(23)16-12(3)15-18(25-5)21-14(9-24-4)22-19(15)26-16/h6-8H,9H2,1-5H3,(H,20,23). The summed E-state index contributed by atoms with van der Waals surface area (Å²) in [6.07, 6.45) is 0. The normalized spacial score (nSPS) is 11.0. The Morgan fingerprint density at radius 3 is 2.42 bits per heavy atom. The Morgan fingerprint density at radius 1 is 1.12 bits per heavy atom. The molecule has 0 atom stereocenters. The van der Waals surface area contributed by atoms with Crippen molar-refractivity contribution < 1.29 is 14.3 Å². The second-order valence-corrected chi connectivity index (χ2v) is 7.15. The van der Waals surface area contributed by atoms with E-state index in [1.54, 1.807) is 14.2 Å². The van der Waals surface area contributed by atoms with E-state index in [4.69, 9.17) is 9.47 Å². The number of fused-ring (bicyclic) bond motifs is 1. The fourth-order valence-corrected chi connectivity index (χ4v) is 4.02. The van der Waals surface area contributed by atoms with Crippen molar-refractivity contribution in [2.75, 3.05) is 19.5 Å². The smallest absolute Gasteiger partial charge is 0.266 e. The molecular formula is C19H21N3O3S. The summed E-state index contributed by atoms with van der Waals surface area (Å²) in [4.78, 5) is 23.0. The Kier molecular flexibility index (Phi) is 5.20. The van der Waals surface area contributed by atoms with Crippen LogP contribution in [0.2, 0.25) is 0 Å². The van der Waals surface area contributed by atoms with Crippen LogP contribution in [0.15, 0.2) is 18.2 Å². The first-order chi connectivity index (χ1) is 12.4. The predicted molar refractivity (Wildman–Crippen MR) is 103 cm³/mol. The van der Waals surface area contributed by atoms with Gasteiger partial charge in [0.1, 0.15) is 11.4 Å². The number of amides is 1. The molecule has 2 aromatic heterocycles. The third kappa shape index (κ3) is 3.54. The molecule has 0 aliphatic rings. The Hall–Kier alpha value is -2.51. The molecule has 2 heterocycles. The SMILES string of the molecule is COCc1nc(OC)c2c(C)c(C(=O)Nc3cc(C)cc(C)c3)sc2n1. The maximum Gasteiger partial charge on any atom is 0.266 e. The van der Waals surface area contributed by atoms with Crippen LogP contribution in [0.5, 0.6) is 5.88 Å². The Morgan fingerprint density at radius 2 is 1.81 bits per heavy atom. The van der Waals surface area contributed by atoms with Crippen molar-refractivity contribution in [3.05, 3.63) is 45.6 Å². The van der Waals surface area contributed by atoms with Crippen molar-refractivity contribution in [3.8, 4) is 5.88 Å². The molecule has 0 saturated carbocycles. The average Bonchev–Trinajstić information content (AvgIpc) is 2.90. The summed E-state index contributed by atoms with van der Waals surface area (Å²) in [7, 11) is 3.15. The highest BCUT2D eigenvalue weighted by atomic mass is 32.1. The number of hydrogen-bond acceptors (Lipinski definition) is 6. The molecule has 1 N–H and O–H groups in total. The van der Waals surface area contributed by atoms with Gasteiger partial charge >= 0.3 is 0 Å². The zero-order valence-corrected chi connectivity index (χ0v) is 16.3. The molecule has 7 heteroatoms. The van der Waals surface area contributed by atoms with Crippen LogP contribution in [0.1, 0.15) is 32.2 Å². The minimum atomic E-state index is -0.161. The summed E-state index contributed by atoms with van der Waals surface area (Å²) >= 11 is 1.33. The fourth-order valence-electron chi connectivity index (χ4n) is 2.94. The third-order valence-electron chi connectivity index (χ3n) is 3.96. The van der Waals surface area contributed by atoms with Gasteiger partial charge in [0.15, 0.2) is 5.82 Å². The lowest BCUT2D eigenvalue weighted by atomic mass is 10.1.